The topological polar surface area (TPSA) is 55.4 Å². The number of thiophene rings is 1. The molecule has 22 heavy (non-hydrogen) atoms. The van der Waals surface area contributed by atoms with Crippen molar-refractivity contribution in [3.05, 3.63) is 51.2 Å². The zero-order valence-corrected chi connectivity index (χ0v) is 13.8. The summed E-state index contributed by atoms with van der Waals surface area (Å²) in [6, 6.07) is 7.53. The first kappa shape index (κ1) is 16.2. The molecule has 1 aromatic heterocycles. The van der Waals surface area contributed by atoms with Gasteiger partial charge in [-0.2, -0.15) is 0 Å². The highest BCUT2D eigenvalue weighted by atomic mass is 32.1. The van der Waals surface area contributed by atoms with Crippen molar-refractivity contribution in [2.45, 2.75) is 26.7 Å². The lowest BCUT2D eigenvalue weighted by Crippen LogP contribution is -2.14. The van der Waals surface area contributed by atoms with Gasteiger partial charge in [0.05, 0.1) is 12.8 Å². The molecular weight excluding hydrogens is 298 g/mol. The minimum atomic E-state index is -0.438. The van der Waals surface area contributed by atoms with Crippen LogP contribution in [0, 0.1) is 6.92 Å². The van der Waals surface area contributed by atoms with Gasteiger partial charge in [0, 0.05) is 5.56 Å². The van der Waals surface area contributed by atoms with Crippen LogP contribution in [0.3, 0.4) is 0 Å². The largest absolute Gasteiger partial charge is 0.465 e. The van der Waals surface area contributed by atoms with Gasteiger partial charge in [-0.15, -0.1) is 11.3 Å². The van der Waals surface area contributed by atoms with Crippen molar-refractivity contribution in [1.29, 1.82) is 0 Å². The number of hydrogen-bond acceptors (Lipinski definition) is 4. The molecule has 4 nitrogen and oxygen atoms in total. The summed E-state index contributed by atoms with van der Waals surface area (Å²) in [5.74, 6) is -0.665. The van der Waals surface area contributed by atoms with Gasteiger partial charge in [0.1, 0.15) is 4.88 Å². The second-order valence-electron chi connectivity index (χ2n) is 5.02. The van der Waals surface area contributed by atoms with Crippen LogP contribution in [-0.2, 0) is 11.2 Å². The number of carbonyl (C=O) groups excluding carboxylic acids is 2. The Morgan fingerprint density at radius 3 is 2.50 bits per heavy atom. The van der Waals surface area contributed by atoms with E-state index in [-0.39, 0.29) is 5.91 Å². The van der Waals surface area contributed by atoms with Crippen molar-refractivity contribution in [2.24, 2.45) is 0 Å². The molecule has 1 N–H and O–H groups in total. The third kappa shape index (κ3) is 3.54. The van der Waals surface area contributed by atoms with Crippen LogP contribution < -0.4 is 5.32 Å². The molecule has 2 rings (SSSR count). The molecule has 0 radical (unpaired) electrons. The summed E-state index contributed by atoms with van der Waals surface area (Å²) in [6.45, 7) is 3.97. The highest BCUT2D eigenvalue weighted by Crippen LogP contribution is 2.28. The number of ether oxygens (including phenoxy) is 1. The lowest BCUT2D eigenvalue weighted by Gasteiger charge is -2.08. The maximum Gasteiger partial charge on any atom is 0.350 e. The van der Waals surface area contributed by atoms with Crippen LogP contribution in [0.5, 0.6) is 0 Å². The summed E-state index contributed by atoms with van der Waals surface area (Å²) in [4.78, 5) is 24.5. The molecule has 5 heteroatoms. The predicted octanol–water partition coefficient (Wildman–Crippen LogP) is 4.05. The number of carbonyl (C=O) groups is 2. The van der Waals surface area contributed by atoms with E-state index in [1.807, 2.05) is 24.4 Å². The predicted molar refractivity (Wildman–Crippen MR) is 88.8 cm³/mol. The molecule has 0 fully saturated rings. The molecule has 0 unspecified atom stereocenters. The van der Waals surface area contributed by atoms with Gasteiger partial charge in [-0.25, -0.2) is 4.79 Å². The van der Waals surface area contributed by atoms with E-state index < -0.39 is 5.97 Å². The molecule has 116 valence electrons. The zero-order valence-electron chi connectivity index (χ0n) is 12.9. The number of rotatable bonds is 5. The van der Waals surface area contributed by atoms with E-state index >= 15 is 0 Å². The maximum atomic E-state index is 12.3. The van der Waals surface area contributed by atoms with E-state index in [4.69, 9.17) is 4.74 Å². The van der Waals surface area contributed by atoms with Gasteiger partial charge in [-0.1, -0.05) is 25.5 Å². The van der Waals surface area contributed by atoms with E-state index in [0.717, 1.165) is 18.4 Å². The van der Waals surface area contributed by atoms with Gasteiger partial charge in [-0.3, -0.25) is 4.79 Å². The Kier molecular flexibility index (Phi) is 5.33. The molecule has 2 aromatic rings. The van der Waals surface area contributed by atoms with Gasteiger partial charge in [0.25, 0.3) is 5.91 Å². The van der Waals surface area contributed by atoms with Crippen molar-refractivity contribution in [3.63, 3.8) is 0 Å². The van der Waals surface area contributed by atoms with Crippen LogP contribution in [0.25, 0.3) is 0 Å². The molecule has 0 bridgehead atoms. The summed E-state index contributed by atoms with van der Waals surface area (Å²) in [6.07, 6.45) is 2.07. The van der Waals surface area contributed by atoms with E-state index in [1.165, 1.54) is 24.0 Å². The van der Waals surface area contributed by atoms with Gasteiger partial charge in [-0.05, 0) is 42.0 Å². The van der Waals surface area contributed by atoms with E-state index in [1.54, 1.807) is 12.1 Å². The van der Waals surface area contributed by atoms with Crippen LogP contribution in [0.2, 0.25) is 0 Å². The standard InChI is InChI=1S/C17H19NO3S/c1-4-5-12-6-8-13(9-7-12)16(19)18-14-11(2)10-22-15(14)17(20)21-3/h6-10H,4-5H2,1-3H3,(H,18,19). The Balaban J connectivity index is 2.18. The van der Waals surface area contributed by atoms with Gasteiger partial charge in [0.15, 0.2) is 0 Å². The van der Waals surface area contributed by atoms with Gasteiger partial charge in [0.2, 0.25) is 0 Å². The summed E-state index contributed by atoms with van der Waals surface area (Å²) >= 11 is 1.27. The fourth-order valence-corrected chi connectivity index (χ4v) is 3.06. The van der Waals surface area contributed by atoms with Crippen LogP contribution >= 0.6 is 11.3 Å². The first-order valence-corrected chi connectivity index (χ1v) is 8.01. The molecule has 0 saturated carbocycles. The molecule has 1 amide bonds. The van der Waals surface area contributed by atoms with Crippen molar-refractivity contribution in [2.75, 3.05) is 12.4 Å². The molecule has 1 aromatic carbocycles. The van der Waals surface area contributed by atoms with Crippen molar-refractivity contribution < 1.29 is 14.3 Å². The number of esters is 1. The Morgan fingerprint density at radius 1 is 1.23 bits per heavy atom. The average Bonchev–Trinajstić information content (AvgIpc) is 2.88. The van der Waals surface area contributed by atoms with Crippen molar-refractivity contribution in [1.82, 2.24) is 0 Å². The molecule has 0 atom stereocenters. The Labute approximate surface area is 134 Å². The third-order valence-electron chi connectivity index (χ3n) is 3.34. The Hall–Kier alpha value is -2.14. The molecular formula is C17H19NO3S. The average molecular weight is 317 g/mol. The quantitative estimate of drug-likeness (QED) is 0.847. The first-order valence-electron chi connectivity index (χ1n) is 7.13. The fraction of sp³-hybridized carbons (Fsp3) is 0.294. The second-order valence-corrected chi connectivity index (χ2v) is 5.90. The number of anilines is 1. The minimum Gasteiger partial charge on any atom is -0.465 e. The third-order valence-corrected chi connectivity index (χ3v) is 4.42. The smallest absolute Gasteiger partial charge is 0.350 e. The highest BCUT2D eigenvalue weighted by Gasteiger charge is 2.19. The number of benzene rings is 1. The summed E-state index contributed by atoms with van der Waals surface area (Å²) in [5.41, 5.74) is 3.16. The normalized spacial score (nSPS) is 10.3. The van der Waals surface area contributed by atoms with Crippen LogP contribution in [0.1, 0.15) is 44.5 Å². The zero-order chi connectivity index (χ0) is 16.1. The van der Waals surface area contributed by atoms with E-state index in [9.17, 15) is 9.59 Å². The number of nitrogens with one attached hydrogen (secondary N) is 1. The van der Waals surface area contributed by atoms with Gasteiger partial charge >= 0.3 is 5.97 Å². The number of aryl methyl sites for hydroxylation is 2. The summed E-state index contributed by atoms with van der Waals surface area (Å²) in [7, 11) is 1.33. The maximum absolute atomic E-state index is 12.3. The summed E-state index contributed by atoms with van der Waals surface area (Å²) in [5, 5.41) is 4.64. The Bertz CT molecular complexity index is 674. The lowest BCUT2D eigenvalue weighted by atomic mass is 10.1. The molecule has 0 aliphatic heterocycles. The molecule has 0 aliphatic rings. The molecule has 1 heterocycles. The van der Waals surface area contributed by atoms with Crippen molar-refractivity contribution >= 4 is 28.9 Å². The number of methoxy groups -OCH3 is 1. The highest BCUT2D eigenvalue weighted by molar-refractivity contribution is 7.12. The monoisotopic (exact) mass is 317 g/mol. The van der Waals surface area contributed by atoms with Crippen LogP contribution in [0.4, 0.5) is 5.69 Å². The molecule has 0 spiro atoms. The van der Waals surface area contributed by atoms with Crippen molar-refractivity contribution in [3.8, 4) is 0 Å². The SMILES string of the molecule is CCCc1ccc(C(=O)Nc2c(C)csc2C(=O)OC)cc1. The molecule has 0 aliphatic carbocycles. The van der Waals surface area contributed by atoms with Crippen LogP contribution in [-0.4, -0.2) is 19.0 Å². The Morgan fingerprint density at radius 2 is 1.91 bits per heavy atom. The number of hydrogen-bond donors (Lipinski definition) is 1. The van der Waals surface area contributed by atoms with E-state index in [2.05, 4.69) is 12.2 Å². The second kappa shape index (κ2) is 7.22. The van der Waals surface area contributed by atoms with E-state index in [0.29, 0.717) is 16.1 Å². The first-order chi connectivity index (χ1) is 10.6. The summed E-state index contributed by atoms with van der Waals surface area (Å²) < 4.78 is 4.74. The van der Waals surface area contributed by atoms with Gasteiger partial charge < -0.3 is 10.1 Å². The number of amides is 1. The molecule has 0 saturated heterocycles. The lowest BCUT2D eigenvalue weighted by molar-refractivity contribution is 0.0607. The van der Waals surface area contributed by atoms with Crippen LogP contribution in [0.15, 0.2) is 29.6 Å². The minimum absolute atomic E-state index is 0.227. The fourth-order valence-electron chi connectivity index (χ4n) is 2.14.